The molecule has 3 nitrogen and oxygen atoms in total. The Morgan fingerprint density at radius 2 is 1.48 bits per heavy atom. The minimum atomic E-state index is 0. The summed E-state index contributed by atoms with van der Waals surface area (Å²) >= 11 is 0. The summed E-state index contributed by atoms with van der Waals surface area (Å²) in [5, 5.41) is 3.45. The molecule has 1 heterocycles. The molecule has 0 saturated carbocycles. The highest BCUT2D eigenvalue weighted by molar-refractivity contribution is 5.85. The van der Waals surface area contributed by atoms with Gasteiger partial charge in [-0.05, 0) is 61.7 Å². The van der Waals surface area contributed by atoms with Crippen molar-refractivity contribution >= 4 is 18.3 Å². The molecule has 0 aromatic heterocycles. The van der Waals surface area contributed by atoms with E-state index in [0.717, 1.165) is 51.9 Å². The van der Waals surface area contributed by atoms with Crippen molar-refractivity contribution in [3.8, 4) is 0 Å². The molecule has 1 saturated heterocycles. The lowest BCUT2D eigenvalue weighted by molar-refractivity contribution is -0.133. The first-order valence-electron chi connectivity index (χ1n) is 10.8. The molecular formula is C25H35ClN2O. The molecule has 0 bridgehead atoms. The van der Waals surface area contributed by atoms with E-state index < -0.39 is 0 Å². The number of carbonyl (C=O) groups excluding carboxylic acids is 1. The zero-order chi connectivity index (χ0) is 19.6. The van der Waals surface area contributed by atoms with Gasteiger partial charge in [0.1, 0.15) is 0 Å². The van der Waals surface area contributed by atoms with E-state index in [4.69, 9.17) is 0 Å². The summed E-state index contributed by atoms with van der Waals surface area (Å²) in [5.41, 5.74) is 2.64. The molecule has 158 valence electrons. The normalized spacial score (nSPS) is 14.6. The van der Waals surface area contributed by atoms with E-state index in [-0.39, 0.29) is 12.4 Å². The van der Waals surface area contributed by atoms with Crippen LogP contribution in [0.5, 0.6) is 0 Å². The van der Waals surface area contributed by atoms with E-state index >= 15 is 0 Å². The lowest BCUT2D eigenvalue weighted by atomic mass is 9.89. The molecular weight excluding hydrogens is 380 g/mol. The van der Waals surface area contributed by atoms with Crippen LogP contribution in [0.1, 0.15) is 37.3 Å². The maximum absolute atomic E-state index is 13.0. The molecule has 0 aliphatic carbocycles. The molecule has 1 aliphatic heterocycles. The van der Waals surface area contributed by atoms with Crippen molar-refractivity contribution in [2.24, 2.45) is 11.8 Å². The van der Waals surface area contributed by atoms with E-state index in [0.29, 0.717) is 24.2 Å². The quantitative estimate of drug-likeness (QED) is 0.642. The third kappa shape index (κ3) is 7.83. The van der Waals surface area contributed by atoms with Crippen molar-refractivity contribution in [1.29, 1.82) is 0 Å². The van der Waals surface area contributed by atoms with Crippen LogP contribution in [0.2, 0.25) is 0 Å². The SMILES string of the molecule is CCNCC1CCN(C(=O)CC(Cc2ccccc2)Cc2ccccc2)CC1.Cl. The van der Waals surface area contributed by atoms with E-state index in [2.05, 4.69) is 77.8 Å². The smallest absolute Gasteiger partial charge is 0.222 e. The summed E-state index contributed by atoms with van der Waals surface area (Å²) in [4.78, 5) is 15.1. The Kier molecular flexibility index (Phi) is 10.2. The molecule has 4 heteroatoms. The molecule has 1 fully saturated rings. The van der Waals surface area contributed by atoms with Gasteiger partial charge in [0.15, 0.2) is 0 Å². The van der Waals surface area contributed by atoms with E-state index in [9.17, 15) is 4.79 Å². The fourth-order valence-electron chi connectivity index (χ4n) is 4.22. The van der Waals surface area contributed by atoms with Crippen LogP contribution >= 0.6 is 12.4 Å². The average Bonchev–Trinajstić information content (AvgIpc) is 2.74. The van der Waals surface area contributed by atoms with E-state index in [1.807, 2.05) is 0 Å². The number of nitrogens with zero attached hydrogens (tertiary/aromatic N) is 1. The van der Waals surface area contributed by atoms with Gasteiger partial charge >= 0.3 is 0 Å². The standard InChI is InChI=1S/C25H34N2O.ClH/c1-2-26-20-23-13-15-27(16-14-23)25(28)19-24(17-21-9-5-3-6-10-21)18-22-11-7-4-8-12-22;/h3-12,23-24,26H,2,13-20H2,1H3;1H. The summed E-state index contributed by atoms with van der Waals surface area (Å²) < 4.78 is 0. The third-order valence-electron chi connectivity index (χ3n) is 5.85. The Morgan fingerprint density at radius 3 is 1.97 bits per heavy atom. The fraction of sp³-hybridized carbons (Fsp3) is 0.480. The summed E-state index contributed by atoms with van der Waals surface area (Å²) in [6, 6.07) is 21.2. The van der Waals surface area contributed by atoms with Crippen LogP contribution < -0.4 is 5.32 Å². The molecule has 2 aromatic rings. The highest BCUT2D eigenvalue weighted by Crippen LogP contribution is 2.22. The second-order valence-corrected chi connectivity index (χ2v) is 8.08. The number of rotatable bonds is 9. The van der Waals surface area contributed by atoms with Crippen molar-refractivity contribution in [2.75, 3.05) is 26.2 Å². The van der Waals surface area contributed by atoms with E-state index in [1.165, 1.54) is 11.1 Å². The Labute approximate surface area is 182 Å². The fourth-order valence-corrected chi connectivity index (χ4v) is 4.22. The highest BCUT2D eigenvalue weighted by Gasteiger charge is 2.25. The van der Waals surface area contributed by atoms with Crippen LogP contribution in [0.4, 0.5) is 0 Å². The monoisotopic (exact) mass is 414 g/mol. The van der Waals surface area contributed by atoms with Crippen molar-refractivity contribution in [3.05, 3.63) is 71.8 Å². The summed E-state index contributed by atoms with van der Waals surface area (Å²) in [5.74, 6) is 1.39. The van der Waals surface area contributed by atoms with Gasteiger partial charge in [-0.3, -0.25) is 4.79 Å². The maximum atomic E-state index is 13.0. The minimum Gasteiger partial charge on any atom is -0.343 e. The molecule has 1 N–H and O–H groups in total. The Morgan fingerprint density at radius 1 is 0.966 bits per heavy atom. The number of carbonyl (C=O) groups is 1. The summed E-state index contributed by atoms with van der Waals surface area (Å²) in [6.45, 7) is 6.10. The number of piperidine rings is 1. The molecule has 1 amide bonds. The van der Waals surface area contributed by atoms with Crippen LogP contribution in [0.3, 0.4) is 0 Å². The molecule has 0 spiro atoms. The van der Waals surface area contributed by atoms with Gasteiger partial charge in [-0.25, -0.2) is 0 Å². The van der Waals surface area contributed by atoms with Gasteiger partial charge < -0.3 is 10.2 Å². The van der Waals surface area contributed by atoms with Crippen molar-refractivity contribution in [2.45, 2.75) is 39.0 Å². The van der Waals surface area contributed by atoms with Gasteiger partial charge in [0, 0.05) is 19.5 Å². The largest absolute Gasteiger partial charge is 0.343 e. The van der Waals surface area contributed by atoms with Gasteiger partial charge in [0.25, 0.3) is 0 Å². The minimum absolute atomic E-state index is 0. The zero-order valence-corrected chi connectivity index (χ0v) is 18.4. The Balaban J connectivity index is 0.00000300. The van der Waals surface area contributed by atoms with Crippen LogP contribution in [0, 0.1) is 11.8 Å². The lowest BCUT2D eigenvalue weighted by Crippen LogP contribution is -2.41. The summed E-state index contributed by atoms with van der Waals surface area (Å²) in [6.07, 6.45) is 4.81. The Hall–Kier alpha value is -1.84. The number of nitrogens with one attached hydrogen (secondary N) is 1. The van der Waals surface area contributed by atoms with Crippen LogP contribution in [-0.4, -0.2) is 37.0 Å². The molecule has 0 unspecified atom stereocenters. The van der Waals surface area contributed by atoms with Crippen molar-refractivity contribution in [3.63, 3.8) is 0 Å². The first kappa shape index (κ1) is 23.4. The zero-order valence-electron chi connectivity index (χ0n) is 17.6. The lowest BCUT2D eigenvalue weighted by Gasteiger charge is -2.33. The first-order chi connectivity index (χ1) is 13.7. The van der Waals surface area contributed by atoms with Crippen molar-refractivity contribution in [1.82, 2.24) is 10.2 Å². The second-order valence-electron chi connectivity index (χ2n) is 8.08. The van der Waals surface area contributed by atoms with Crippen LogP contribution in [0.15, 0.2) is 60.7 Å². The molecule has 0 radical (unpaired) electrons. The van der Waals surface area contributed by atoms with Crippen LogP contribution in [0.25, 0.3) is 0 Å². The van der Waals surface area contributed by atoms with Gasteiger partial charge in [-0.2, -0.15) is 0 Å². The molecule has 3 rings (SSSR count). The van der Waals surface area contributed by atoms with Crippen molar-refractivity contribution < 1.29 is 4.79 Å². The molecule has 0 atom stereocenters. The van der Waals surface area contributed by atoms with Gasteiger partial charge in [-0.1, -0.05) is 67.6 Å². The van der Waals surface area contributed by atoms with Gasteiger partial charge in [0.05, 0.1) is 0 Å². The predicted octanol–water partition coefficient (Wildman–Crippen LogP) is 4.75. The first-order valence-corrected chi connectivity index (χ1v) is 10.8. The number of hydrogen-bond acceptors (Lipinski definition) is 2. The van der Waals surface area contributed by atoms with Gasteiger partial charge in [0.2, 0.25) is 5.91 Å². The number of hydrogen-bond donors (Lipinski definition) is 1. The Bertz CT molecular complexity index is 658. The number of amides is 1. The third-order valence-corrected chi connectivity index (χ3v) is 5.85. The van der Waals surface area contributed by atoms with Gasteiger partial charge in [-0.15, -0.1) is 12.4 Å². The topological polar surface area (TPSA) is 32.3 Å². The predicted molar refractivity (Wildman–Crippen MR) is 123 cm³/mol. The highest BCUT2D eigenvalue weighted by atomic mass is 35.5. The number of benzene rings is 2. The molecule has 2 aromatic carbocycles. The number of likely N-dealkylation sites (tertiary alicyclic amines) is 1. The summed E-state index contributed by atoms with van der Waals surface area (Å²) in [7, 11) is 0. The molecule has 1 aliphatic rings. The second kappa shape index (κ2) is 12.7. The van der Waals surface area contributed by atoms with Crippen LogP contribution in [-0.2, 0) is 17.6 Å². The number of halogens is 1. The van der Waals surface area contributed by atoms with E-state index in [1.54, 1.807) is 0 Å². The molecule has 29 heavy (non-hydrogen) atoms. The average molecular weight is 415 g/mol. The maximum Gasteiger partial charge on any atom is 0.222 e.